The van der Waals surface area contributed by atoms with Gasteiger partial charge in [-0.05, 0) is 56.7 Å². The second-order valence-electron chi connectivity index (χ2n) is 6.32. The predicted octanol–water partition coefficient (Wildman–Crippen LogP) is 1.98. The fraction of sp³-hybridized carbons (Fsp3) is 0.333. The van der Waals surface area contributed by atoms with Crippen molar-refractivity contribution in [3.8, 4) is 11.5 Å². The molecule has 144 valence electrons. The van der Waals surface area contributed by atoms with Gasteiger partial charge in [0, 0.05) is 5.56 Å². The monoisotopic (exact) mass is 370 g/mol. The van der Waals surface area contributed by atoms with Crippen molar-refractivity contribution in [2.24, 2.45) is 5.10 Å². The lowest BCUT2D eigenvalue weighted by Crippen LogP contribution is -3.10. The number of hydrogen-bond acceptors (Lipinski definition) is 4. The molecule has 2 aromatic carbocycles. The van der Waals surface area contributed by atoms with Gasteiger partial charge >= 0.3 is 0 Å². The topological polar surface area (TPSA) is 75.4 Å². The van der Waals surface area contributed by atoms with Gasteiger partial charge in [-0.2, -0.15) is 5.10 Å². The Labute approximate surface area is 160 Å². The van der Waals surface area contributed by atoms with Crippen LogP contribution in [0.5, 0.6) is 11.5 Å². The quantitative estimate of drug-likeness (QED) is 0.491. The zero-order valence-electron chi connectivity index (χ0n) is 16.4. The number of phenolic OH excluding ortho intramolecular Hbond substituents is 1. The molecule has 2 rings (SSSR count). The number of nitrogens with one attached hydrogen (secondary N) is 2. The highest BCUT2D eigenvalue weighted by molar-refractivity contribution is 6.01. The molecule has 0 aliphatic carbocycles. The number of ether oxygens (including phenoxy) is 1. The first-order chi connectivity index (χ1) is 13.0. The molecule has 0 atom stereocenters. The molecular formula is C21H28N3O3+. The van der Waals surface area contributed by atoms with Crippen molar-refractivity contribution in [1.29, 1.82) is 0 Å². The Morgan fingerprint density at radius 2 is 1.89 bits per heavy atom. The van der Waals surface area contributed by atoms with Gasteiger partial charge in [-0.25, -0.2) is 5.43 Å². The number of aromatic hydroxyl groups is 1. The first-order valence-electron chi connectivity index (χ1n) is 9.13. The van der Waals surface area contributed by atoms with Gasteiger partial charge in [0.05, 0.1) is 31.5 Å². The molecule has 6 heteroatoms. The van der Waals surface area contributed by atoms with E-state index in [2.05, 4.69) is 30.4 Å². The number of carbonyl (C=O) groups is 1. The lowest BCUT2D eigenvalue weighted by Gasteiger charge is -2.18. The lowest BCUT2D eigenvalue weighted by atomic mass is 10.1. The Kier molecular flexibility index (Phi) is 7.37. The summed E-state index contributed by atoms with van der Waals surface area (Å²) in [6.07, 6.45) is 0. The molecule has 0 radical (unpaired) electrons. The standard InChI is InChI=1S/C21H27N3O3/c1-5-24(6-2)14-17-13-16(11-12-20(17)27-4)15(3)22-23-21(26)18-9-7-8-10-19(18)25/h7-13,25H,5-6,14H2,1-4H3,(H,23,26)/p+1/b22-15-. The van der Waals surface area contributed by atoms with E-state index in [0.717, 1.165) is 36.5 Å². The smallest absolute Gasteiger partial charge is 0.275 e. The van der Waals surface area contributed by atoms with Crippen LogP contribution < -0.4 is 15.1 Å². The van der Waals surface area contributed by atoms with Crippen LogP contribution in [0.2, 0.25) is 0 Å². The maximum atomic E-state index is 12.2. The van der Waals surface area contributed by atoms with E-state index >= 15 is 0 Å². The number of carbonyl (C=O) groups excluding carboxylic acids is 1. The number of phenols is 1. The molecule has 27 heavy (non-hydrogen) atoms. The van der Waals surface area contributed by atoms with Gasteiger partial charge < -0.3 is 14.7 Å². The Morgan fingerprint density at radius 1 is 1.19 bits per heavy atom. The molecule has 0 fully saturated rings. The Morgan fingerprint density at radius 3 is 2.52 bits per heavy atom. The second kappa shape index (κ2) is 9.73. The molecule has 0 spiro atoms. The van der Waals surface area contributed by atoms with Crippen molar-refractivity contribution in [3.63, 3.8) is 0 Å². The minimum Gasteiger partial charge on any atom is -0.507 e. The van der Waals surface area contributed by atoms with Gasteiger partial charge in [0.25, 0.3) is 5.91 Å². The van der Waals surface area contributed by atoms with Crippen molar-refractivity contribution in [2.45, 2.75) is 27.3 Å². The third kappa shape index (κ3) is 5.31. The summed E-state index contributed by atoms with van der Waals surface area (Å²) < 4.78 is 5.49. The maximum absolute atomic E-state index is 12.2. The van der Waals surface area contributed by atoms with Crippen LogP contribution in [0.15, 0.2) is 47.6 Å². The maximum Gasteiger partial charge on any atom is 0.275 e. The van der Waals surface area contributed by atoms with Crippen LogP contribution in [-0.4, -0.2) is 36.9 Å². The lowest BCUT2D eigenvalue weighted by molar-refractivity contribution is -0.910. The highest BCUT2D eigenvalue weighted by atomic mass is 16.5. The van der Waals surface area contributed by atoms with Gasteiger partial charge in [-0.3, -0.25) is 4.79 Å². The first-order valence-corrected chi connectivity index (χ1v) is 9.13. The van der Waals surface area contributed by atoms with E-state index in [1.165, 1.54) is 11.0 Å². The van der Waals surface area contributed by atoms with Crippen LogP contribution in [-0.2, 0) is 6.54 Å². The molecule has 0 aliphatic heterocycles. The van der Waals surface area contributed by atoms with Crippen LogP contribution in [0.1, 0.15) is 42.3 Å². The number of amides is 1. The predicted molar refractivity (Wildman–Crippen MR) is 107 cm³/mol. The van der Waals surface area contributed by atoms with E-state index in [1.807, 2.05) is 19.1 Å². The average molecular weight is 370 g/mol. The molecule has 0 saturated carbocycles. The number of rotatable bonds is 8. The summed E-state index contributed by atoms with van der Waals surface area (Å²) in [6.45, 7) is 9.09. The van der Waals surface area contributed by atoms with Gasteiger partial charge in [0.15, 0.2) is 0 Å². The molecule has 0 unspecified atom stereocenters. The van der Waals surface area contributed by atoms with E-state index in [-0.39, 0.29) is 11.3 Å². The van der Waals surface area contributed by atoms with E-state index < -0.39 is 5.91 Å². The Hall–Kier alpha value is -2.86. The van der Waals surface area contributed by atoms with E-state index in [1.54, 1.807) is 25.3 Å². The molecule has 0 bridgehead atoms. The third-order valence-electron chi connectivity index (χ3n) is 4.61. The van der Waals surface area contributed by atoms with Gasteiger partial charge in [0.2, 0.25) is 0 Å². The summed E-state index contributed by atoms with van der Waals surface area (Å²) in [4.78, 5) is 13.6. The van der Waals surface area contributed by atoms with Crippen LogP contribution in [0.25, 0.3) is 0 Å². The van der Waals surface area contributed by atoms with E-state index in [0.29, 0.717) is 5.71 Å². The number of para-hydroxylation sites is 1. The molecule has 0 aliphatic rings. The first kappa shape index (κ1) is 20.5. The summed E-state index contributed by atoms with van der Waals surface area (Å²) in [5, 5.41) is 13.9. The molecule has 0 aromatic heterocycles. The van der Waals surface area contributed by atoms with Crippen molar-refractivity contribution in [3.05, 3.63) is 59.2 Å². The molecule has 0 heterocycles. The number of quaternary nitrogens is 1. The number of methoxy groups -OCH3 is 1. The minimum atomic E-state index is -0.450. The minimum absolute atomic E-state index is 0.0724. The molecule has 6 nitrogen and oxygen atoms in total. The number of nitrogens with zero attached hydrogens (tertiary/aromatic N) is 1. The normalized spacial score (nSPS) is 11.5. The average Bonchev–Trinajstić information content (AvgIpc) is 2.70. The van der Waals surface area contributed by atoms with Crippen LogP contribution in [0, 0.1) is 0 Å². The summed E-state index contributed by atoms with van der Waals surface area (Å²) in [6, 6.07) is 12.3. The van der Waals surface area contributed by atoms with Gasteiger partial charge in [-0.1, -0.05) is 12.1 Å². The summed E-state index contributed by atoms with van der Waals surface area (Å²) >= 11 is 0. The van der Waals surface area contributed by atoms with Crippen molar-refractivity contribution in [1.82, 2.24) is 5.43 Å². The van der Waals surface area contributed by atoms with Crippen LogP contribution >= 0.6 is 0 Å². The SMILES string of the molecule is CC[NH+](CC)Cc1cc(/C(C)=N\NC(=O)c2ccccc2O)ccc1OC. The molecule has 1 amide bonds. The van der Waals surface area contributed by atoms with E-state index in [9.17, 15) is 9.90 Å². The zero-order chi connectivity index (χ0) is 19.8. The molecule has 2 aromatic rings. The van der Waals surface area contributed by atoms with Crippen molar-refractivity contribution < 1.29 is 19.5 Å². The van der Waals surface area contributed by atoms with Gasteiger partial charge in [-0.15, -0.1) is 0 Å². The number of hydrazone groups is 1. The Balaban J connectivity index is 2.19. The van der Waals surface area contributed by atoms with Crippen LogP contribution in [0.3, 0.4) is 0 Å². The van der Waals surface area contributed by atoms with Crippen molar-refractivity contribution in [2.75, 3.05) is 20.2 Å². The fourth-order valence-electron chi connectivity index (χ4n) is 2.84. The summed E-state index contributed by atoms with van der Waals surface area (Å²) in [7, 11) is 1.67. The largest absolute Gasteiger partial charge is 0.507 e. The molecule has 3 N–H and O–H groups in total. The highest BCUT2D eigenvalue weighted by Gasteiger charge is 2.13. The Bertz CT molecular complexity index is 814. The summed E-state index contributed by atoms with van der Waals surface area (Å²) in [5.41, 5.74) is 5.39. The number of hydrogen-bond donors (Lipinski definition) is 3. The molecule has 0 saturated heterocycles. The summed E-state index contributed by atoms with van der Waals surface area (Å²) in [5.74, 6) is 0.328. The van der Waals surface area contributed by atoms with Crippen molar-refractivity contribution >= 4 is 11.6 Å². The molecular weight excluding hydrogens is 342 g/mol. The highest BCUT2D eigenvalue weighted by Crippen LogP contribution is 2.20. The third-order valence-corrected chi connectivity index (χ3v) is 4.61. The number of benzene rings is 2. The zero-order valence-corrected chi connectivity index (χ0v) is 16.4. The fourth-order valence-corrected chi connectivity index (χ4v) is 2.84. The van der Waals surface area contributed by atoms with Crippen LogP contribution in [0.4, 0.5) is 0 Å². The van der Waals surface area contributed by atoms with Gasteiger partial charge in [0.1, 0.15) is 18.0 Å². The van der Waals surface area contributed by atoms with E-state index in [4.69, 9.17) is 4.74 Å². The second-order valence-corrected chi connectivity index (χ2v) is 6.32.